The van der Waals surface area contributed by atoms with Gasteiger partial charge in [-0.2, -0.15) is 0 Å². The first kappa shape index (κ1) is 13.0. The number of carboxylic acids is 1. The molecule has 0 aliphatic carbocycles. The van der Waals surface area contributed by atoms with Crippen LogP contribution in [-0.4, -0.2) is 17.7 Å². The van der Waals surface area contributed by atoms with Crippen molar-refractivity contribution >= 4 is 17.6 Å². The second-order valence-electron chi connectivity index (χ2n) is 4.02. The van der Waals surface area contributed by atoms with E-state index >= 15 is 0 Å². The van der Waals surface area contributed by atoms with Crippen molar-refractivity contribution in [3.05, 3.63) is 34.3 Å². The summed E-state index contributed by atoms with van der Waals surface area (Å²) in [5.74, 6) is -0.506. The van der Waals surface area contributed by atoms with Crippen LogP contribution in [0.5, 0.6) is 0 Å². The van der Waals surface area contributed by atoms with Crippen molar-refractivity contribution in [3.8, 4) is 0 Å². The van der Waals surface area contributed by atoms with Crippen molar-refractivity contribution in [1.29, 1.82) is 0 Å². The molecule has 0 amide bonds. The van der Waals surface area contributed by atoms with Crippen molar-refractivity contribution in [2.24, 2.45) is 5.92 Å². The molecule has 1 aromatic rings. The van der Waals surface area contributed by atoms with Gasteiger partial charge < -0.3 is 9.84 Å². The molecule has 4 heteroatoms. The van der Waals surface area contributed by atoms with Gasteiger partial charge in [-0.05, 0) is 23.6 Å². The molecule has 0 aliphatic rings. The van der Waals surface area contributed by atoms with E-state index in [-0.39, 0.29) is 5.56 Å². The molecule has 88 valence electrons. The average Bonchev–Trinajstić information content (AvgIpc) is 2.19. The second kappa shape index (κ2) is 5.87. The van der Waals surface area contributed by atoms with Gasteiger partial charge in [-0.1, -0.05) is 31.5 Å². The van der Waals surface area contributed by atoms with Gasteiger partial charge in [-0.25, -0.2) is 4.79 Å². The molecule has 0 fully saturated rings. The van der Waals surface area contributed by atoms with Gasteiger partial charge in [-0.15, -0.1) is 0 Å². The van der Waals surface area contributed by atoms with Gasteiger partial charge in [0, 0.05) is 11.6 Å². The van der Waals surface area contributed by atoms with Gasteiger partial charge in [0.15, 0.2) is 0 Å². The molecule has 0 aromatic heterocycles. The van der Waals surface area contributed by atoms with E-state index in [1.807, 2.05) is 0 Å². The van der Waals surface area contributed by atoms with E-state index in [1.54, 1.807) is 6.07 Å². The number of hydrogen-bond donors (Lipinski definition) is 1. The summed E-state index contributed by atoms with van der Waals surface area (Å²) in [7, 11) is 0. The lowest BCUT2D eigenvalue weighted by Crippen LogP contribution is -2.03. The van der Waals surface area contributed by atoms with Crippen LogP contribution in [0, 0.1) is 5.92 Å². The van der Waals surface area contributed by atoms with Crippen molar-refractivity contribution in [2.75, 3.05) is 6.61 Å². The van der Waals surface area contributed by atoms with E-state index in [2.05, 4.69) is 13.8 Å². The Labute approximate surface area is 100.0 Å². The zero-order valence-electron chi connectivity index (χ0n) is 9.37. The van der Waals surface area contributed by atoms with E-state index in [0.717, 1.165) is 5.56 Å². The number of halogens is 1. The molecule has 0 unspecified atom stereocenters. The molecule has 0 saturated heterocycles. The highest BCUT2D eigenvalue weighted by Gasteiger charge is 2.07. The Balaban J connectivity index is 2.64. The molecule has 3 nitrogen and oxygen atoms in total. The maximum absolute atomic E-state index is 10.7. The van der Waals surface area contributed by atoms with Crippen molar-refractivity contribution in [3.63, 3.8) is 0 Å². The van der Waals surface area contributed by atoms with Gasteiger partial charge in [0.25, 0.3) is 0 Å². The Morgan fingerprint density at radius 3 is 2.69 bits per heavy atom. The molecule has 0 spiro atoms. The van der Waals surface area contributed by atoms with Crippen LogP contribution in [0.15, 0.2) is 18.2 Å². The molecular formula is C12H15ClO3. The van der Waals surface area contributed by atoms with Gasteiger partial charge in [0.2, 0.25) is 0 Å². The van der Waals surface area contributed by atoms with Crippen LogP contribution in [0.25, 0.3) is 0 Å². The fourth-order valence-corrected chi connectivity index (χ4v) is 1.44. The third kappa shape index (κ3) is 3.83. The number of carbonyl (C=O) groups is 1. The number of hydrogen-bond acceptors (Lipinski definition) is 2. The summed E-state index contributed by atoms with van der Waals surface area (Å²) >= 11 is 5.95. The summed E-state index contributed by atoms with van der Waals surface area (Å²) in [6.07, 6.45) is 0. The lowest BCUT2D eigenvalue weighted by Gasteiger charge is -2.08. The SMILES string of the molecule is CC(C)COCc1ccc(C(=O)O)cc1Cl. The lowest BCUT2D eigenvalue weighted by atomic mass is 10.1. The maximum Gasteiger partial charge on any atom is 0.335 e. The minimum Gasteiger partial charge on any atom is -0.478 e. The number of rotatable bonds is 5. The van der Waals surface area contributed by atoms with Crippen LogP contribution in [0.4, 0.5) is 0 Å². The summed E-state index contributed by atoms with van der Waals surface area (Å²) in [6.45, 7) is 5.21. The Hall–Kier alpha value is -1.06. The van der Waals surface area contributed by atoms with Crippen LogP contribution < -0.4 is 0 Å². The fourth-order valence-electron chi connectivity index (χ4n) is 1.20. The summed E-state index contributed by atoms with van der Waals surface area (Å²) in [5.41, 5.74) is 1.00. The molecular weight excluding hydrogens is 228 g/mol. The van der Waals surface area contributed by atoms with E-state index in [0.29, 0.717) is 24.2 Å². The van der Waals surface area contributed by atoms with Crippen molar-refractivity contribution in [2.45, 2.75) is 20.5 Å². The highest BCUT2D eigenvalue weighted by atomic mass is 35.5. The monoisotopic (exact) mass is 242 g/mol. The molecule has 0 atom stereocenters. The van der Waals surface area contributed by atoms with Gasteiger partial charge in [0.05, 0.1) is 12.2 Å². The van der Waals surface area contributed by atoms with E-state index in [1.165, 1.54) is 12.1 Å². The smallest absolute Gasteiger partial charge is 0.335 e. The Morgan fingerprint density at radius 1 is 1.50 bits per heavy atom. The number of ether oxygens (including phenoxy) is 1. The average molecular weight is 243 g/mol. The third-order valence-corrected chi connectivity index (χ3v) is 2.36. The third-order valence-electron chi connectivity index (χ3n) is 2.01. The molecule has 0 aliphatic heterocycles. The summed E-state index contributed by atoms with van der Waals surface area (Å²) in [5, 5.41) is 9.19. The van der Waals surface area contributed by atoms with Crippen LogP contribution in [0.3, 0.4) is 0 Å². The highest BCUT2D eigenvalue weighted by molar-refractivity contribution is 6.31. The lowest BCUT2D eigenvalue weighted by molar-refractivity contribution is 0.0696. The standard InChI is InChI=1S/C12H15ClO3/c1-8(2)6-16-7-10-4-3-9(12(14)15)5-11(10)13/h3-5,8H,6-7H2,1-2H3,(H,14,15). The minimum absolute atomic E-state index is 0.192. The minimum atomic E-state index is -0.975. The van der Waals surface area contributed by atoms with Crippen LogP contribution in [-0.2, 0) is 11.3 Å². The Morgan fingerprint density at radius 2 is 2.19 bits per heavy atom. The number of benzene rings is 1. The van der Waals surface area contributed by atoms with Crippen LogP contribution in [0.1, 0.15) is 29.8 Å². The predicted octanol–water partition coefficient (Wildman–Crippen LogP) is 3.21. The quantitative estimate of drug-likeness (QED) is 0.863. The largest absolute Gasteiger partial charge is 0.478 e. The molecule has 0 bridgehead atoms. The highest BCUT2D eigenvalue weighted by Crippen LogP contribution is 2.19. The first-order valence-electron chi connectivity index (χ1n) is 5.10. The fraction of sp³-hybridized carbons (Fsp3) is 0.417. The molecule has 1 N–H and O–H groups in total. The van der Waals surface area contributed by atoms with Crippen molar-refractivity contribution in [1.82, 2.24) is 0 Å². The van der Waals surface area contributed by atoms with E-state index in [9.17, 15) is 4.79 Å². The Bertz CT molecular complexity index is 375. The van der Waals surface area contributed by atoms with Gasteiger partial charge >= 0.3 is 5.97 Å². The zero-order valence-corrected chi connectivity index (χ0v) is 10.1. The summed E-state index contributed by atoms with van der Waals surface area (Å²) < 4.78 is 5.43. The predicted molar refractivity (Wildman–Crippen MR) is 62.9 cm³/mol. The first-order chi connectivity index (χ1) is 7.50. The maximum atomic E-state index is 10.7. The zero-order chi connectivity index (χ0) is 12.1. The molecule has 16 heavy (non-hydrogen) atoms. The molecule has 1 aromatic carbocycles. The molecule has 0 radical (unpaired) electrons. The van der Waals surface area contributed by atoms with E-state index < -0.39 is 5.97 Å². The van der Waals surface area contributed by atoms with E-state index in [4.69, 9.17) is 21.4 Å². The molecule has 0 heterocycles. The van der Waals surface area contributed by atoms with Gasteiger partial charge in [-0.3, -0.25) is 0 Å². The number of aromatic carboxylic acids is 1. The summed E-state index contributed by atoms with van der Waals surface area (Å²) in [4.78, 5) is 10.7. The van der Waals surface area contributed by atoms with Gasteiger partial charge in [0.1, 0.15) is 0 Å². The first-order valence-corrected chi connectivity index (χ1v) is 5.48. The van der Waals surface area contributed by atoms with Crippen LogP contribution >= 0.6 is 11.6 Å². The molecule has 0 saturated carbocycles. The van der Waals surface area contributed by atoms with Crippen molar-refractivity contribution < 1.29 is 14.6 Å². The van der Waals surface area contributed by atoms with Crippen LogP contribution in [0.2, 0.25) is 5.02 Å². The summed E-state index contributed by atoms with van der Waals surface area (Å²) in [6, 6.07) is 4.66. The topological polar surface area (TPSA) is 46.5 Å². The normalized spacial score (nSPS) is 10.8. The Kier molecular flexibility index (Phi) is 4.77. The molecule has 1 rings (SSSR count). The number of carboxylic acid groups (broad SMARTS) is 1. The second-order valence-corrected chi connectivity index (χ2v) is 4.43.